The van der Waals surface area contributed by atoms with Gasteiger partial charge >= 0.3 is 0 Å². The van der Waals surface area contributed by atoms with Crippen LogP contribution in [0.2, 0.25) is 0 Å². The second-order valence-electron chi connectivity index (χ2n) is 2.92. The summed E-state index contributed by atoms with van der Waals surface area (Å²) in [6, 6.07) is 5.22. The third-order valence-electron chi connectivity index (χ3n) is 1.91. The zero-order valence-electron chi connectivity index (χ0n) is 8.45. The van der Waals surface area contributed by atoms with E-state index in [9.17, 15) is 8.42 Å². The average Bonchev–Trinajstić information content (AvgIpc) is 2.21. The Kier molecular flexibility index (Phi) is 4.12. The van der Waals surface area contributed by atoms with Crippen molar-refractivity contribution in [2.45, 2.75) is 5.75 Å². The number of hydrogen-bond donors (Lipinski definition) is 1. The van der Waals surface area contributed by atoms with Gasteiger partial charge < -0.3 is 4.74 Å². The van der Waals surface area contributed by atoms with Gasteiger partial charge in [0.25, 0.3) is 0 Å². The van der Waals surface area contributed by atoms with Gasteiger partial charge in [0.05, 0.1) is 12.9 Å². The molecule has 0 saturated heterocycles. The topological polar surface area (TPSA) is 55.4 Å². The fourth-order valence-corrected chi connectivity index (χ4v) is 2.43. The molecule has 0 aliphatic carbocycles. The van der Waals surface area contributed by atoms with Crippen molar-refractivity contribution in [3.05, 3.63) is 28.2 Å². The van der Waals surface area contributed by atoms with Gasteiger partial charge in [0.1, 0.15) is 5.75 Å². The molecule has 0 spiro atoms. The quantitative estimate of drug-likeness (QED) is 0.915. The largest absolute Gasteiger partial charge is 0.497 e. The van der Waals surface area contributed by atoms with Gasteiger partial charge in [0.2, 0.25) is 10.0 Å². The SMILES string of the molecule is CNS(=O)(=O)Cc1cc(OC)ccc1Br. The summed E-state index contributed by atoms with van der Waals surface area (Å²) in [4.78, 5) is 0. The smallest absolute Gasteiger partial charge is 0.215 e. The third-order valence-corrected chi connectivity index (χ3v) is 4.00. The molecule has 15 heavy (non-hydrogen) atoms. The monoisotopic (exact) mass is 293 g/mol. The van der Waals surface area contributed by atoms with Crippen LogP contribution in [0.15, 0.2) is 22.7 Å². The molecule has 0 fully saturated rings. The van der Waals surface area contributed by atoms with Gasteiger partial charge in [-0.2, -0.15) is 0 Å². The molecule has 0 atom stereocenters. The number of rotatable bonds is 4. The summed E-state index contributed by atoms with van der Waals surface area (Å²) in [6.07, 6.45) is 0. The van der Waals surface area contributed by atoms with E-state index in [0.717, 1.165) is 4.47 Å². The summed E-state index contributed by atoms with van der Waals surface area (Å²) in [5.41, 5.74) is 0.670. The predicted octanol–water partition coefficient (Wildman–Crippen LogP) is 1.51. The standard InChI is InChI=1S/C9H12BrNO3S/c1-11-15(12,13)6-7-5-8(14-2)3-4-9(7)10/h3-5,11H,6H2,1-2H3. The van der Waals surface area contributed by atoms with Crippen LogP contribution in [0.1, 0.15) is 5.56 Å². The van der Waals surface area contributed by atoms with E-state index in [0.29, 0.717) is 11.3 Å². The van der Waals surface area contributed by atoms with E-state index in [4.69, 9.17) is 4.74 Å². The molecule has 0 bridgehead atoms. The van der Waals surface area contributed by atoms with Crippen molar-refractivity contribution < 1.29 is 13.2 Å². The van der Waals surface area contributed by atoms with E-state index in [-0.39, 0.29) is 5.75 Å². The summed E-state index contributed by atoms with van der Waals surface area (Å²) in [5.74, 6) is 0.570. The Bertz CT molecular complexity index is 445. The molecular weight excluding hydrogens is 282 g/mol. The van der Waals surface area contributed by atoms with E-state index >= 15 is 0 Å². The summed E-state index contributed by atoms with van der Waals surface area (Å²) in [6.45, 7) is 0. The Morgan fingerprint density at radius 1 is 1.47 bits per heavy atom. The highest BCUT2D eigenvalue weighted by atomic mass is 79.9. The fourth-order valence-electron chi connectivity index (χ4n) is 1.07. The third kappa shape index (κ3) is 3.48. The maximum atomic E-state index is 11.3. The Morgan fingerprint density at radius 2 is 2.13 bits per heavy atom. The van der Waals surface area contributed by atoms with Crippen molar-refractivity contribution >= 4 is 26.0 Å². The summed E-state index contributed by atoms with van der Waals surface area (Å²) in [7, 11) is -0.322. The van der Waals surface area contributed by atoms with Crippen LogP contribution in [0.4, 0.5) is 0 Å². The molecule has 0 aromatic heterocycles. The van der Waals surface area contributed by atoms with Crippen LogP contribution in [0, 0.1) is 0 Å². The van der Waals surface area contributed by atoms with Gasteiger partial charge in [-0.05, 0) is 30.8 Å². The molecular formula is C9H12BrNO3S. The van der Waals surface area contributed by atoms with Crippen molar-refractivity contribution in [1.82, 2.24) is 4.72 Å². The molecule has 84 valence electrons. The lowest BCUT2D eigenvalue weighted by Gasteiger charge is -2.07. The Morgan fingerprint density at radius 3 is 2.67 bits per heavy atom. The lowest BCUT2D eigenvalue weighted by atomic mass is 10.2. The molecule has 0 amide bonds. The van der Waals surface area contributed by atoms with Crippen molar-refractivity contribution in [2.75, 3.05) is 14.2 Å². The maximum absolute atomic E-state index is 11.3. The normalized spacial score (nSPS) is 11.4. The van der Waals surface area contributed by atoms with E-state index in [2.05, 4.69) is 20.7 Å². The lowest BCUT2D eigenvalue weighted by Crippen LogP contribution is -2.20. The first-order valence-electron chi connectivity index (χ1n) is 4.22. The highest BCUT2D eigenvalue weighted by Crippen LogP contribution is 2.23. The van der Waals surface area contributed by atoms with Crippen molar-refractivity contribution in [2.24, 2.45) is 0 Å². The van der Waals surface area contributed by atoms with Gasteiger partial charge in [-0.15, -0.1) is 0 Å². The van der Waals surface area contributed by atoms with Gasteiger partial charge in [-0.3, -0.25) is 0 Å². The Hall–Kier alpha value is -0.590. The van der Waals surface area contributed by atoms with Crippen molar-refractivity contribution in [3.63, 3.8) is 0 Å². The molecule has 0 saturated carbocycles. The van der Waals surface area contributed by atoms with E-state index in [1.54, 1.807) is 25.3 Å². The number of nitrogens with one attached hydrogen (secondary N) is 1. The first-order valence-corrected chi connectivity index (χ1v) is 6.66. The van der Waals surface area contributed by atoms with Crippen LogP contribution in [-0.2, 0) is 15.8 Å². The van der Waals surface area contributed by atoms with Gasteiger partial charge in [-0.1, -0.05) is 15.9 Å². The van der Waals surface area contributed by atoms with Crippen molar-refractivity contribution in [1.29, 1.82) is 0 Å². The van der Waals surface area contributed by atoms with E-state index in [1.807, 2.05) is 0 Å². The van der Waals surface area contributed by atoms with Crippen LogP contribution < -0.4 is 9.46 Å². The van der Waals surface area contributed by atoms with E-state index in [1.165, 1.54) is 7.05 Å². The molecule has 0 aliphatic heterocycles. The number of halogens is 1. The molecule has 0 radical (unpaired) electrons. The molecule has 0 heterocycles. The summed E-state index contributed by atoms with van der Waals surface area (Å²) >= 11 is 3.29. The van der Waals surface area contributed by atoms with Crippen LogP contribution in [0.25, 0.3) is 0 Å². The van der Waals surface area contributed by atoms with Gasteiger partial charge in [0.15, 0.2) is 0 Å². The number of methoxy groups -OCH3 is 1. The average molecular weight is 294 g/mol. The molecule has 1 aromatic carbocycles. The minimum Gasteiger partial charge on any atom is -0.497 e. The Balaban J connectivity index is 3.04. The molecule has 0 unspecified atom stereocenters. The zero-order valence-corrected chi connectivity index (χ0v) is 10.9. The molecule has 1 N–H and O–H groups in total. The number of hydrogen-bond acceptors (Lipinski definition) is 3. The van der Waals surface area contributed by atoms with Crippen molar-refractivity contribution in [3.8, 4) is 5.75 Å². The highest BCUT2D eigenvalue weighted by molar-refractivity contribution is 9.10. The number of benzene rings is 1. The van der Waals surface area contributed by atoms with Crippen LogP contribution in [0.5, 0.6) is 5.75 Å². The molecule has 4 nitrogen and oxygen atoms in total. The van der Waals surface area contributed by atoms with Crippen LogP contribution in [0.3, 0.4) is 0 Å². The Labute approximate surface area is 97.8 Å². The van der Waals surface area contributed by atoms with Crippen LogP contribution >= 0.6 is 15.9 Å². The first kappa shape index (κ1) is 12.5. The molecule has 1 rings (SSSR count). The molecule has 0 aliphatic rings. The molecule has 6 heteroatoms. The lowest BCUT2D eigenvalue weighted by molar-refractivity contribution is 0.414. The molecule has 1 aromatic rings. The highest BCUT2D eigenvalue weighted by Gasteiger charge is 2.11. The number of ether oxygens (including phenoxy) is 1. The summed E-state index contributed by atoms with van der Waals surface area (Å²) < 4.78 is 30.7. The van der Waals surface area contributed by atoms with E-state index < -0.39 is 10.0 Å². The zero-order chi connectivity index (χ0) is 11.5. The first-order chi connectivity index (χ1) is 6.98. The fraction of sp³-hybridized carbons (Fsp3) is 0.333. The van der Waals surface area contributed by atoms with Crippen LogP contribution in [-0.4, -0.2) is 22.6 Å². The minimum atomic E-state index is -3.26. The van der Waals surface area contributed by atoms with Gasteiger partial charge in [-0.25, -0.2) is 13.1 Å². The second-order valence-corrected chi connectivity index (χ2v) is 5.70. The van der Waals surface area contributed by atoms with Gasteiger partial charge in [0, 0.05) is 4.47 Å². The second kappa shape index (κ2) is 4.96. The maximum Gasteiger partial charge on any atom is 0.215 e. The predicted molar refractivity (Wildman–Crippen MR) is 62.4 cm³/mol. The number of sulfonamides is 1. The minimum absolute atomic E-state index is 0.0682. The summed E-state index contributed by atoms with van der Waals surface area (Å²) in [5, 5.41) is 0.